The van der Waals surface area contributed by atoms with Gasteiger partial charge in [0.1, 0.15) is 10.0 Å². The van der Waals surface area contributed by atoms with Crippen molar-refractivity contribution in [2.75, 3.05) is 13.7 Å². The molecule has 5 heteroatoms. The summed E-state index contributed by atoms with van der Waals surface area (Å²) in [6, 6.07) is 10.5. The van der Waals surface area contributed by atoms with E-state index in [0.717, 1.165) is 23.0 Å². The number of aryl methyl sites for hydroxylation is 1. The van der Waals surface area contributed by atoms with Crippen molar-refractivity contribution in [1.29, 1.82) is 0 Å². The number of aliphatic hydroxyl groups excluding tert-OH is 1. The Kier molecular flexibility index (Phi) is 5.01. The molecule has 1 aromatic heterocycles. The van der Waals surface area contributed by atoms with Gasteiger partial charge in [-0.3, -0.25) is 4.90 Å². The van der Waals surface area contributed by atoms with Crippen LogP contribution in [0.1, 0.15) is 28.0 Å². The molecule has 0 saturated carbocycles. The molecule has 0 amide bonds. The maximum absolute atomic E-state index is 9.27. The second-order valence-corrected chi connectivity index (χ2v) is 5.83. The van der Waals surface area contributed by atoms with Gasteiger partial charge in [0.15, 0.2) is 0 Å². The largest absolute Gasteiger partial charge is 0.396 e. The van der Waals surface area contributed by atoms with E-state index in [4.69, 9.17) is 0 Å². The van der Waals surface area contributed by atoms with Gasteiger partial charge in [-0.05, 0) is 26.0 Å². The number of rotatable bonds is 6. The zero-order chi connectivity index (χ0) is 13.7. The third-order valence-corrected chi connectivity index (χ3v) is 3.89. The number of nitrogens with zero attached hydrogens (tertiary/aromatic N) is 3. The van der Waals surface area contributed by atoms with Gasteiger partial charge in [-0.15, -0.1) is 21.5 Å². The maximum Gasteiger partial charge on any atom is 0.131 e. The summed E-state index contributed by atoms with van der Waals surface area (Å²) in [6.07, 6.45) is 0.721. The van der Waals surface area contributed by atoms with E-state index in [1.807, 2.05) is 25.1 Å². The van der Waals surface area contributed by atoms with Gasteiger partial charge in [-0.25, -0.2) is 0 Å². The molecule has 102 valence electrons. The third-order valence-electron chi connectivity index (χ3n) is 3.07. The predicted octanol–water partition coefficient (Wildman–Crippen LogP) is 2.40. The van der Waals surface area contributed by atoms with Gasteiger partial charge >= 0.3 is 0 Å². The summed E-state index contributed by atoms with van der Waals surface area (Å²) < 4.78 is 0. The molecule has 1 heterocycles. The van der Waals surface area contributed by atoms with Gasteiger partial charge in [0.05, 0.1) is 6.54 Å². The normalized spacial score (nSPS) is 12.8. The van der Waals surface area contributed by atoms with E-state index in [-0.39, 0.29) is 12.6 Å². The van der Waals surface area contributed by atoms with E-state index in [1.54, 1.807) is 11.3 Å². The Balaban J connectivity index is 2.10. The van der Waals surface area contributed by atoms with Crippen molar-refractivity contribution < 1.29 is 5.11 Å². The highest BCUT2D eigenvalue weighted by atomic mass is 32.1. The van der Waals surface area contributed by atoms with Gasteiger partial charge in [0.2, 0.25) is 0 Å². The van der Waals surface area contributed by atoms with Crippen LogP contribution in [0.2, 0.25) is 0 Å². The number of aromatic nitrogens is 2. The summed E-state index contributed by atoms with van der Waals surface area (Å²) in [4.78, 5) is 2.21. The molecule has 1 aromatic carbocycles. The Hall–Kier alpha value is -1.30. The molecule has 1 atom stereocenters. The fourth-order valence-corrected chi connectivity index (χ4v) is 2.94. The Bertz CT molecular complexity index is 500. The Morgan fingerprint density at radius 3 is 2.58 bits per heavy atom. The lowest BCUT2D eigenvalue weighted by Crippen LogP contribution is -2.25. The van der Waals surface area contributed by atoms with Crippen LogP contribution in [0.5, 0.6) is 0 Å². The first-order valence-electron chi connectivity index (χ1n) is 6.35. The lowest BCUT2D eigenvalue weighted by molar-refractivity contribution is 0.179. The van der Waals surface area contributed by atoms with Crippen molar-refractivity contribution in [1.82, 2.24) is 15.1 Å². The highest BCUT2D eigenvalue weighted by molar-refractivity contribution is 7.11. The fraction of sp³-hybridized carbons (Fsp3) is 0.429. The minimum absolute atomic E-state index is 0.180. The van der Waals surface area contributed by atoms with Crippen LogP contribution in [0.25, 0.3) is 0 Å². The molecule has 0 spiro atoms. The summed E-state index contributed by atoms with van der Waals surface area (Å²) >= 11 is 1.62. The van der Waals surface area contributed by atoms with Crippen LogP contribution in [0.3, 0.4) is 0 Å². The Morgan fingerprint density at radius 1 is 1.26 bits per heavy atom. The molecular formula is C14H19N3OS. The third kappa shape index (κ3) is 3.83. The molecule has 2 aromatic rings. The molecule has 19 heavy (non-hydrogen) atoms. The quantitative estimate of drug-likeness (QED) is 0.881. The van der Waals surface area contributed by atoms with E-state index < -0.39 is 0 Å². The van der Waals surface area contributed by atoms with Crippen molar-refractivity contribution in [3.05, 3.63) is 45.9 Å². The minimum atomic E-state index is 0.180. The summed E-state index contributed by atoms with van der Waals surface area (Å²) in [5, 5.41) is 19.5. The number of hydrogen-bond acceptors (Lipinski definition) is 5. The van der Waals surface area contributed by atoms with Crippen LogP contribution in [0, 0.1) is 6.92 Å². The van der Waals surface area contributed by atoms with E-state index in [2.05, 4.69) is 34.3 Å². The molecule has 1 N–H and O–H groups in total. The molecule has 0 fully saturated rings. The first kappa shape index (κ1) is 14.1. The molecular weight excluding hydrogens is 258 g/mol. The van der Waals surface area contributed by atoms with Crippen molar-refractivity contribution in [2.24, 2.45) is 0 Å². The first-order chi connectivity index (χ1) is 9.20. The lowest BCUT2D eigenvalue weighted by atomic mass is 10.0. The second kappa shape index (κ2) is 6.75. The van der Waals surface area contributed by atoms with Crippen molar-refractivity contribution >= 4 is 11.3 Å². The highest BCUT2D eigenvalue weighted by Gasteiger charge is 2.17. The van der Waals surface area contributed by atoms with Crippen molar-refractivity contribution in [3.63, 3.8) is 0 Å². The van der Waals surface area contributed by atoms with Crippen LogP contribution in [-0.2, 0) is 6.54 Å². The maximum atomic E-state index is 9.27. The van der Waals surface area contributed by atoms with Gasteiger partial charge in [-0.1, -0.05) is 30.3 Å². The Morgan fingerprint density at radius 2 is 2.00 bits per heavy atom. The molecule has 0 aliphatic heterocycles. The van der Waals surface area contributed by atoms with Crippen LogP contribution >= 0.6 is 11.3 Å². The zero-order valence-corrected chi connectivity index (χ0v) is 12.1. The topological polar surface area (TPSA) is 49.2 Å². The van der Waals surface area contributed by atoms with E-state index in [0.29, 0.717) is 0 Å². The molecule has 0 saturated heterocycles. The molecule has 2 rings (SSSR count). The van der Waals surface area contributed by atoms with Gasteiger partial charge in [0.25, 0.3) is 0 Å². The van der Waals surface area contributed by atoms with Crippen LogP contribution in [-0.4, -0.2) is 33.9 Å². The average Bonchev–Trinajstić information content (AvgIpc) is 2.82. The van der Waals surface area contributed by atoms with E-state index >= 15 is 0 Å². The molecule has 0 bridgehead atoms. The lowest BCUT2D eigenvalue weighted by Gasteiger charge is -2.27. The summed E-state index contributed by atoms with van der Waals surface area (Å²) in [5.74, 6) is 0. The number of aliphatic hydroxyl groups is 1. The standard InChI is InChI=1S/C14H19N3OS/c1-11-15-16-14(19-11)10-17(2)13(8-9-18)12-6-4-3-5-7-12/h3-7,13,18H,8-10H2,1-2H3/t13-/m0/s1. The van der Waals surface area contributed by atoms with Gasteiger partial charge in [0, 0.05) is 12.6 Å². The predicted molar refractivity (Wildman–Crippen MR) is 77.0 cm³/mol. The molecule has 0 unspecified atom stereocenters. The van der Waals surface area contributed by atoms with Crippen LogP contribution < -0.4 is 0 Å². The van der Waals surface area contributed by atoms with Crippen LogP contribution in [0.4, 0.5) is 0 Å². The summed E-state index contributed by atoms with van der Waals surface area (Å²) in [5.41, 5.74) is 1.22. The highest BCUT2D eigenvalue weighted by Crippen LogP contribution is 2.24. The van der Waals surface area contributed by atoms with E-state index in [9.17, 15) is 5.11 Å². The zero-order valence-electron chi connectivity index (χ0n) is 11.3. The molecule has 4 nitrogen and oxygen atoms in total. The molecule has 0 aliphatic carbocycles. The Labute approximate surface area is 117 Å². The van der Waals surface area contributed by atoms with Gasteiger partial charge < -0.3 is 5.11 Å². The molecule has 0 aliphatic rings. The second-order valence-electron chi connectivity index (χ2n) is 4.57. The van der Waals surface area contributed by atoms with E-state index in [1.165, 1.54) is 5.56 Å². The average molecular weight is 277 g/mol. The van der Waals surface area contributed by atoms with Gasteiger partial charge in [-0.2, -0.15) is 0 Å². The number of hydrogen-bond donors (Lipinski definition) is 1. The monoisotopic (exact) mass is 277 g/mol. The minimum Gasteiger partial charge on any atom is -0.396 e. The summed E-state index contributed by atoms with van der Waals surface area (Å²) in [6.45, 7) is 2.90. The van der Waals surface area contributed by atoms with Crippen molar-refractivity contribution in [2.45, 2.75) is 25.9 Å². The molecule has 0 radical (unpaired) electrons. The van der Waals surface area contributed by atoms with Crippen molar-refractivity contribution in [3.8, 4) is 0 Å². The van der Waals surface area contributed by atoms with Crippen LogP contribution in [0.15, 0.2) is 30.3 Å². The summed E-state index contributed by atoms with van der Waals surface area (Å²) in [7, 11) is 2.06. The number of benzene rings is 1. The first-order valence-corrected chi connectivity index (χ1v) is 7.17. The SMILES string of the molecule is Cc1nnc(CN(C)[C@@H](CCO)c2ccccc2)s1. The smallest absolute Gasteiger partial charge is 0.131 e. The fourth-order valence-electron chi connectivity index (χ4n) is 2.16.